The maximum absolute atomic E-state index is 6.39. The van der Waals surface area contributed by atoms with Crippen molar-refractivity contribution in [2.45, 2.75) is 124 Å². The minimum atomic E-state index is -2.04. The molecule has 0 radical (unpaired) electrons. The highest BCUT2D eigenvalue weighted by Crippen LogP contribution is 2.16. The van der Waals surface area contributed by atoms with Gasteiger partial charge in [0.15, 0.2) is 0 Å². The Bertz CT molecular complexity index is 342. The van der Waals surface area contributed by atoms with E-state index in [1.807, 2.05) is 0 Å². The highest BCUT2D eigenvalue weighted by atomic mass is 28.4. The zero-order valence-corrected chi connectivity index (χ0v) is 20.7. The lowest BCUT2D eigenvalue weighted by molar-refractivity contribution is 0.345. The predicted octanol–water partition coefficient (Wildman–Crippen LogP) is 9.17. The van der Waals surface area contributed by atoms with E-state index in [2.05, 4.69) is 63.0 Å². The largest absolute Gasteiger partial charge is 0.406 e. The van der Waals surface area contributed by atoms with Gasteiger partial charge in [-0.05, 0) is 45.4 Å². The Hall–Kier alpha value is -0.603. The van der Waals surface area contributed by atoms with Crippen molar-refractivity contribution < 1.29 is 4.43 Å². The molecule has 0 amide bonds. The van der Waals surface area contributed by atoms with Gasteiger partial charge in [0.25, 0.3) is 8.32 Å². The van der Waals surface area contributed by atoms with E-state index in [1.165, 1.54) is 96.3 Å². The Morgan fingerprint density at radius 1 is 0.500 bits per heavy atom. The van der Waals surface area contributed by atoms with E-state index in [1.54, 1.807) is 0 Å². The van der Waals surface area contributed by atoms with Gasteiger partial charge in [0.05, 0.1) is 0 Å². The van der Waals surface area contributed by atoms with Crippen LogP contribution in [0.25, 0.3) is 0 Å². The average Bonchev–Trinajstić information content (AvgIpc) is 2.70. The first-order valence-corrected chi connectivity index (χ1v) is 14.6. The third-order valence-electron chi connectivity index (χ3n) is 5.20. The van der Waals surface area contributed by atoms with E-state index in [9.17, 15) is 0 Å². The third-order valence-corrected chi connectivity index (χ3v) is 8.26. The molecule has 28 heavy (non-hydrogen) atoms. The third kappa shape index (κ3) is 16.4. The fraction of sp³-hybridized carbons (Fsp3) is 0.769. The van der Waals surface area contributed by atoms with Crippen molar-refractivity contribution in [3.63, 3.8) is 0 Å². The normalized spacial score (nSPS) is 14.6. The van der Waals surface area contributed by atoms with Crippen LogP contribution in [-0.2, 0) is 4.43 Å². The van der Waals surface area contributed by atoms with E-state index in [4.69, 9.17) is 4.43 Å². The molecule has 0 fully saturated rings. The first kappa shape index (κ1) is 27.4. The molecule has 0 saturated heterocycles. The Balaban J connectivity index is 4.84. The van der Waals surface area contributed by atoms with Gasteiger partial charge < -0.3 is 4.43 Å². The van der Waals surface area contributed by atoms with E-state index in [0.717, 1.165) is 6.61 Å². The molecule has 0 atom stereocenters. The fourth-order valence-electron chi connectivity index (χ4n) is 3.43. The second-order valence-corrected chi connectivity index (χ2v) is 11.0. The van der Waals surface area contributed by atoms with E-state index >= 15 is 0 Å². The van der Waals surface area contributed by atoms with Crippen LogP contribution < -0.4 is 0 Å². The van der Waals surface area contributed by atoms with E-state index in [0.29, 0.717) is 0 Å². The van der Waals surface area contributed by atoms with Crippen molar-refractivity contribution in [2.75, 3.05) is 6.61 Å². The van der Waals surface area contributed by atoms with Gasteiger partial charge in [-0.15, -0.1) is 0 Å². The molecular weight excluding hydrogens is 356 g/mol. The van der Waals surface area contributed by atoms with E-state index < -0.39 is 8.32 Å². The minimum Gasteiger partial charge on any atom is -0.406 e. The van der Waals surface area contributed by atoms with Crippen LogP contribution in [0.4, 0.5) is 0 Å². The van der Waals surface area contributed by atoms with Crippen LogP contribution in [0, 0.1) is 0 Å². The van der Waals surface area contributed by atoms with Crippen LogP contribution in [0.1, 0.15) is 124 Å². The molecule has 0 spiro atoms. The quantitative estimate of drug-likeness (QED) is 0.145. The lowest BCUT2D eigenvalue weighted by Gasteiger charge is -2.21. The number of hydrogen-bond donors (Lipinski definition) is 0. The summed E-state index contributed by atoms with van der Waals surface area (Å²) >= 11 is 0. The van der Waals surface area contributed by atoms with Crippen molar-refractivity contribution in [2.24, 2.45) is 0 Å². The molecular formula is C26H50OSi. The van der Waals surface area contributed by atoms with Crippen LogP contribution in [-0.4, -0.2) is 14.9 Å². The smallest absolute Gasteiger partial charge is 0.265 e. The molecule has 164 valence electrons. The highest BCUT2D eigenvalue weighted by molar-refractivity contribution is 6.87. The fourth-order valence-corrected chi connectivity index (χ4v) is 6.16. The Morgan fingerprint density at radius 2 is 0.857 bits per heavy atom. The van der Waals surface area contributed by atoms with Gasteiger partial charge in [0.2, 0.25) is 0 Å². The van der Waals surface area contributed by atoms with Gasteiger partial charge in [0, 0.05) is 6.61 Å². The van der Waals surface area contributed by atoms with Crippen LogP contribution in [0.15, 0.2) is 35.3 Å². The minimum absolute atomic E-state index is 0.798. The van der Waals surface area contributed by atoms with Crippen LogP contribution in [0.2, 0.25) is 0 Å². The van der Waals surface area contributed by atoms with Gasteiger partial charge in [0.1, 0.15) is 0 Å². The van der Waals surface area contributed by atoms with Crippen LogP contribution in [0.5, 0.6) is 0 Å². The molecule has 0 unspecified atom stereocenters. The molecule has 0 saturated carbocycles. The van der Waals surface area contributed by atoms with Crippen LogP contribution in [0.3, 0.4) is 0 Å². The van der Waals surface area contributed by atoms with Gasteiger partial charge in [-0.1, -0.05) is 114 Å². The number of unbranched alkanes of at least 4 members (excludes halogenated alkanes) is 12. The summed E-state index contributed by atoms with van der Waals surface area (Å²) in [5, 5.41) is 0. The van der Waals surface area contributed by atoms with Crippen molar-refractivity contribution in [3.8, 4) is 0 Å². The average molecular weight is 407 g/mol. The summed E-state index contributed by atoms with van der Waals surface area (Å²) in [5.41, 5.74) is 7.31. The van der Waals surface area contributed by atoms with Gasteiger partial charge in [-0.2, -0.15) is 0 Å². The molecule has 0 aromatic carbocycles. The van der Waals surface area contributed by atoms with Crippen molar-refractivity contribution in [3.05, 3.63) is 35.3 Å². The molecule has 1 nitrogen and oxygen atoms in total. The summed E-state index contributed by atoms with van der Waals surface area (Å²) in [6, 6.07) is 0. The summed E-state index contributed by atoms with van der Waals surface area (Å²) in [5.74, 6) is 0. The summed E-state index contributed by atoms with van der Waals surface area (Å²) in [7, 11) is -2.04. The lowest BCUT2D eigenvalue weighted by atomic mass is 10.2. The Labute approximate surface area is 178 Å². The predicted molar refractivity (Wildman–Crippen MR) is 131 cm³/mol. The summed E-state index contributed by atoms with van der Waals surface area (Å²) in [4.78, 5) is 0. The molecule has 0 aliphatic carbocycles. The van der Waals surface area contributed by atoms with Crippen LogP contribution >= 0.6 is 0 Å². The van der Waals surface area contributed by atoms with Gasteiger partial charge in [-0.25, -0.2) is 0 Å². The van der Waals surface area contributed by atoms with Crippen molar-refractivity contribution >= 4 is 8.32 Å². The topological polar surface area (TPSA) is 9.23 Å². The standard InChI is InChI=1S/C26H50OSi/c1-5-9-12-15-18-21-24-28(27-8-4,25-22-19-16-13-10-6-2)26-23-20-17-14-11-7-3/h21-26H,5-20H2,1-4H3. The number of rotatable bonds is 20. The zero-order chi connectivity index (χ0) is 20.8. The van der Waals surface area contributed by atoms with E-state index in [-0.39, 0.29) is 0 Å². The molecule has 0 bridgehead atoms. The molecule has 0 aromatic rings. The molecule has 2 heteroatoms. The lowest BCUT2D eigenvalue weighted by Crippen LogP contribution is -2.32. The first-order chi connectivity index (χ1) is 13.7. The molecule has 0 aromatic heterocycles. The summed E-state index contributed by atoms with van der Waals surface area (Å²) in [6.45, 7) is 9.77. The van der Waals surface area contributed by atoms with Gasteiger partial charge >= 0.3 is 0 Å². The summed E-state index contributed by atoms with van der Waals surface area (Å²) < 4.78 is 6.39. The Kier molecular flexibility index (Phi) is 20.7. The molecule has 0 N–H and O–H groups in total. The SMILES string of the molecule is CCCCCCC=C[Si](C=CCCCCCC)(C=CCCCCCC)OCC. The second-order valence-electron chi connectivity index (χ2n) is 8.04. The second kappa shape index (κ2) is 21.1. The zero-order valence-electron chi connectivity index (χ0n) is 19.7. The summed E-state index contributed by atoms with van der Waals surface area (Å²) in [6.07, 6.45) is 26.8. The maximum atomic E-state index is 6.39. The molecule has 0 aliphatic rings. The maximum Gasteiger partial charge on any atom is 0.265 e. The monoisotopic (exact) mass is 406 g/mol. The number of hydrogen-bond acceptors (Lipinski definition) is 1. The first-order valence-electron chi connectivity index (χ1n) is 12.4. The number of allylic oxidation sites excluding steroid dienone is 3. The molecule has 0 aliphatic heterocycles. The van der Waals surface area contributed by atoms with Crippen molar-refractivity contribution in [1.82, 2.24) is 0 Å². The highest BCUT2D eigenvalue weighted by Gasteiger charge is 2.24. The molecule has 0 rings (SSSR count). The van der Waals surface area contributed by atoms with Crippen molar-refractivity contribution in [1.29, 1.82) is 0 Å². The van der Waals surface area contributed by atoms with Gasteiger partial charge in [-0.3, -0.25) is 0 Å². The Morgan fingerprint density at radius 3 is 1.14 bits per heavy atom. The molecule has 0 heterocycles.